The van der Waals surface area contributed by atoms with Gasteiger partial charge in [0.15, 0.2) is 0 Å². The molecule has 4 nitrogen and oxygen atoms in total. The van der Waals surface area contributed by atoms with Gasteiger partial charge in [-0.1, -0.05) is 78.9 Å². The molecule has 2 aromatic carbocycles. The third kappa shape index (κ3) is 5.91. The largest absolute Gasteiger partial charge is 0.358 e. The number of nitrogens with one attached hydrogen (secondary N) is 1. The van der Waals surface area contributed by atoms with Crippen molar-refractivity contribution in [2.24, 2.45) is 5.92 Å². The Morgan fingerprint density at radius 1 is 1.00 bits per heavy atom. The van der Waals surface area contributed by atoms with Gasteiger partial charge in [-0.25, -0.2) is 0 Å². The summed E-state index contributed by atoms with van der Waals surface area (Å²) in [4.78, 5) is 26.9. The molecule has 0 atom stereocenters. The van der Waals surface area contributed by atoms with Crippen LogP contribution < -0.4 is 10.5 Å². The SMILES string of the molecule is C[Si](C)(CNC(=O)C1CCN(C(=O)/C=C/c2ccccc2)CC1)c1ccccc1. The fourth-order valence-corrected chi connectivity index (χ4v) is 5.56. The molecule has 0 aliphatic carbocycles. The number of nitrogens with zero attached hydrogens (tertiary/aromatic N) is 1. The summed E-state index contributed by atoms with van der Waals surface area (Å²) in [5.74, 6) is 0.150. The van der Waals surface area contributed by atoms with E-state index in [1.165, 1.54) is 5.19 Å². The first-order chi connectivity index (χ1) is 14.0. The molecule has 0 bridgehead atoms. The standard InChI is InChI=1S/C24H30N2O2Si/c1-29(2,22-11-7-4-8-12-22)19-25-24(28)21-15-17-26(18-16-21)23(27)14-13-20-9-5-3-6-10-20/h3-14,21H,15-19H2,1-2H3,(H,25,28)/b14-13+. The summed E-state index contributed by atoms with van der Waals surface area (Å²) >= 11 is 0. The lowest BCUT2D eigenvalue weighted by molar-refractivity contribution is -0.131. The molecule has 3 rings (SSSR count). The quantitative estimate of drug-likeness (QED) is 0.592. The van der Waals surface area contributed by atoms with Gasteiger partial charge in [0.05, 0.1) is 0 Å². The number of piperidine rings is 1. The van der Waals surface area contributed by atoms with Gasteiger partial charge in [-0.15, -0.1) is 0 Å². The van der Waals surface area contributed by atoms with E-state index in [1.807, 2.05) is 47.4 Å². The van der Waals surface area contributed by atoms with Crippen LogP contribution in [0.3, 0.4) is 0 Å². The van der Waals surface area contributed by atoms with Crippen LogP contribution in [0.2, 0.25) is 13.1 Å². The molecule has 2 aromatic rings. The number of rotatable bonds is 6. The van der Waals surface area contributed by atoms with Crippen molar-refractivity contribution in [3.63, 3.8) is 0 Å². The van der Waals surface area contributed by atoms with Crippen LogP contribution in [0.1, 0.15) is 18.4 Å². The number of hydrogen-bond donors (Lipinski definition) is 1. The van der Waals surface area contributed by atoms with Gasteiger partial charge >= 0.3 is 0 Å². The van der Waals surface area contributed by atoms with Gasteiger partial charge in [0.2, 0.25) is 11.8 Å². The summed E-state index contributed by atoms with van der Waals surface area (Å²) in [5, 5.41) is 4.54. The molecule has 0 spiro atoms. The van der Waals surface area contributed by atoms with E-state index in [2.05, 4.69) is 42.7 Å². The maximum atomic E-state index is 12.7. The molecule has 1 N–H and O–H groups in total. The van der Waals surface area contributed by atoms with Crippen molar-refractivity contribution >= 4 is 31.2 Å². The van der Waals surface area contributed by atoms with Gasteiger partial charge in [0, 0.05) is 31.3 Å². The lowest BCUT2D eigenvalue weighted by Crippen LogP contribution is -2.53. The van der Waals surface area contributed by atoms with E-state index in [0.29, 0.717) is 13.1 Å². The zero-order valence-electron chi connectivity index (χ0n) is 17.3. The Hall–Kier alpha value is -2.66. The first-order valence-corrected chi connectivity index (χ1v) is 13.5. The first kappa shape index (κ1) is 21.1. The molecule has 0 unspecified atom stereocenters. The average Bonchev–Trinajstić information content (AvgIpc) is 2.77. The van der Waals surface area contributed by atoms with Crippen molar-refractivity contribution in [1.29, 1.82) is 0 Å². The molecule has 0 saturated carbocycles. The van der Waals surface area contributed by atoms with Crippen molar-refractivity contribution in [3.8, 4) is 0 Å². The van der Waals surface area contributed by atoms with E-state index in [4.69, 9.17) is 0 Å². The minimum absolute atomic E-state index is 0.00211. The van der Waals surface area contributed by atoms with Gasteiger partial charge in [-0.05, 0) is 24.5 Å². The lowest BCUT2D eigenvalue weighted by Gasteiger charge is -2.31. The van der Waals surface area contributed by atoms with Gasteiger partial charge in [-0.2, -0.15) is 0 Å². The summed E-state index contributed by atoms with van der Waals surface area (Å²) in [6, 6.07) is 20.3. The van der Waals surface area contributed by atoms with Crippen LogP contribution >= 0.6 is 0 Å². The summed E-state index contributed by atoms with van der Waals surface area (Å²) in [5.41, 5.74) is 1.01. The summed E-state index contributed by atoms with van der Waals surface area (Å²) in [7, 11) is -1.69. The molecule has 2 amide bonds. The molecular formula is C24H30N2O2Si. The Kier molecular flexibility index (Phi) is 7.04. The highest BCUT2D eigenvalue weighted by Gasteiger charge is 2.29. The predicted molar refractivity (Wildman–Crippen MR) is 121 cm³/mol. The van der Waals surface area contributed by atoms with Gasteiger partial charge in [0.25, 0.3) is 0 Å². The second-order valence-electron chi connectivity index (χ2n) is 8.31. The number of amides is 2. The highest BCUT2D eigenvalue weighted by molar-refractivity contribution is 6.90. The Balaban J connectivity index is 1.45. The van der Waals surface area contributed by atoms with E-state index in [0.717, 1.165) is 24.6 Å². The molecule has 1 saturated heterocycles. The van der Waals surface area contributed by atoms with Crippen LogP contribution in [0.4, 0.5) is 0 Å². The highest BCUT2D eigenvalue weighted by Crippen LogP contribution is 2.18. The first-order valence-electron chi connectivity index (χ1n) is 10.3. The zero-order chi connectivity index (χ0) is 20.7. The molecule has 1 heterocycles. The second-order valence-corrected chi connectivity index (χ2v) is 13.0. The van der Waals surface area contributed by atoms with Crippen molar-refractivity contribution in [1.82, 2.24) is 10.2 Å². The van der Waals surface area contributed by atoms with E-state index in [1.54, 1.807) is 6.08 Å². The van der Waals surface area contributed by atoms with Crippen molar-refractivity contribution in [2.75, 3.05) is 19.3 Å². The fourth-order valence-electron chi connectivity index (χ4n) is 3.64. The Labute approximate surface area is 174 Å². The fraction of sp³-hybridized carbons (Fsp3) is 0.333. The van der Waals surface area contributed by atoms with Gasteiger partial charge in [-0.3, -0.25) is 9.59 Å². The normalized spacial score (nSPS) is 15.4. The topological polar surface area (TPSA) is 49.4 Å². The van der Waals surface area contributed by atoms with Gasteiger partial charge in [0.1, 0.15) is 8.07 Å². The van der Waals surface area contributed by atoms with Crippen LogP contribution in [-0.2, 0) is 9.59 Å². The molecule has 0 aromatic heterocycles. The molecule has 29 heavy (non-hydrogen) atoms. The summed E-state index contributed by atoms with van der Waals surface area (Å²) in [6.07, 6.45) is 5.67. The van der Waals surface area contributed by atoms with Crippen molar-refractivity contribution in [2.45, 2.75) is 25.9 Å². The van der Waals surface area contributed by atoms with Crippen LogP contribution in [-0.4, -0.2) is 44.0 Å². The Bertz CT molecular complexity index is 842. The number of likely N-dealkylation sites (tertiary alicyclic amines) is 1. The maximum Gasteiger partial charge on any atom is 0.246 e. The molecule has 152 valence electrons. The average molecular weight is 407 g/mol. The molecule has 1 fully saturated rings. The smallest absolute Gasteiger partial charge is 0.246 e. The lowest BCUT2D eigenvalue weighted by atomic mass is 9.96. The summed E-state index contributed by atoms with van der Waals surface area (Å²) in [6.45, 7) is 5.83. The predicted octanol–water partition coefficient (Wildman–Crippen LogP) is 3.21. The van der Waals surface area contributed by atoms with E-state index < -0.39 is 8.07 Å². The molecule has 5 heteroatoms. The molecule has 1 aliphatic rings. The number of carbonyl (C=O) groups excluding carboxylic acids is 2. The number of hydrogen-bond acceptors (Lipinski definition) is 2. The van der Waals surface area contributed by atoms with E-state index in [9.17, 15) is 9.59 Å². The van der Waals surface area contributed by atoms with Crippen molar-refractivity contribution in [3.05, 3.63) is 72.3 Å². The third-order valence-corrected chi connectivity index (χ3v) is 8.61. The summed E-state index contributed by atoms with van der Waals surface area (Å²) < 4.78 is 0. The Morgan fingerprint density at radius 2 is 1.59 bits per heavy atom. The maximum absolute atomic E-state index is 12.7. The minimum Gasteiger partial charge on any atom is -0.358 e. The monoisotopic (exact) mass is 406 g/mol. The second kappa shape index (κ2) is 9.70. The highest BCUT2D eigenvalue weighted by atomic mass is 28.3. The molecule has 1 aliphatic heterocycles. The van der Waals surface area contributed by atoms with Gasteiger partial charge < -0.3 is 10.2 Å². The van der Waals surface area contributed by atoms with E-state index >= 15 is 0 Å². The number of benzene rings is 2. The zero-order valence-corrected chi connectivity index (χ0v) is 18.3. The Morgan fingerprint density at radius 3 is 2.21 bits per heavy atom. The number of carbonyl (C=O) groups is 2. The molecule has 0 radical (unpaired) electrons. The third-order valence-electron chi connectivity index (χ3n) is 5.66. The van der Waals surface area contributed by atoms with Crippen LogP contribution in [0.15, 0.2) is 66.7 Å². The van der Waals surface area contributed by atoms with Crippen LogP contribution in [0, 0.1) is 5.92 Å². The van der Waals surface area contributed by atoms with Crippen molar-refractivity contribution < 1.29 is 9.59 Å². The van der Waals surface area contributed by atoms with Crippen LogP contribution in [0.25, 0.3) is 6.08 Å². The van der Waals surface area contributed by atoms with E-state index in [-0.39, 0.29) is 17.7 Å². The van der Waals surface area contributed by atoms with Crippen LogP contribution in [0.5, 0.6) is 0 Å². The molecular weight excluding hydrogens is 376 g/mol. The minimum atomic E-state index is -1.69.